The molecule has 0 aliphatic heterocycles. The molecule has 0 N–H and O–H groups in total. The normalized spacial score (nSPS) is 20.9. The Morgan fingerprint density at radius 1 is 1.80 bits per heavy atom. The molecule has 0 aromatic heterocycles. The van der Waals surface area contributed by atoms with Gasteiger partial charge in [0.15, 0.2) is 0 Å². The van der Waals surface area contributed by atoms with E-state index in [9.17, 15) is 14.5 Å². The van der Waals surface area contributed by atoms with Crippen LogP contribution in [0, 0.1) is 10.1 Å². The van der Waals surface area contributed by atoms with Gasteiger partial charge in [-0.05, 0) is 11.5 Å². The fourth-order valence-electron chi connectivity index (χ4n) is 0.517. The van der Waals surface area contributed by atoms with Gasteiger partial charge in [0, 0.05) is 11.0 Å². The van der Waals surface area contributed by atoms with Crippen molar-refractivity contribution in [2.45, 2.75) is 6.04 Å². The average Bonchev–Trinajstić information content (AvgIpc) is 1.88. The summed E-state index contributed by atoms with van der Waals surface area (Å²) in [5, 5.41) is 9.97. The Morgan fingerprint density at radius 3 is 2.90 bits per heavy atom. The van der Waals surface area contributed by atoms with Gasteiger partial charge in [0.05, 0.1) is 0 Å². The molecule has 1 rings (SSSR count). The Bertz CT molecular complexity index is 302. The van der Waals surface area contributed by atoms with E-state index in [4.69, 9.17) is 0 Å². The SMILES string of the molecule is O=[N+]([O-])[C@@H]1C=C=C=C=C1F. The van der Waals surface area contributed by atoms with Gasteiger partial charge in [-0.2, -0.15) is 4.39 Å². The van der Waals surface area contributed by atoms with Crippen molar-refractivity contribution in [3.05, 3.63) is 39.2 Å². The minimum Gasteiger partial charge on any atom is -0.263 e. The second-order valence-corrected chi connectivity index (χ2v) is 1.64. The van der Waals surface area contributed by atoms with E-state index >= 15 is 0 Å². The highest BCUT2D eigenvalue weighted by Crippen LogP contribution is 2.08. The van der Waals surface area contributed by atoms with Gasteiger partial charge in [-0.15, -0.1) is 0 Å². The Morgan fingerprint density at radius 2 is 2.50 bits per heavy atom. The second-order valence-electron chi connectivity index (χ2n) is 1.64. The summed E-state index contributed by atoms with van der Waals surface area (Å²) in [6.07, 6.45) is 0.992. The van der Waals surface area contributed by atoms with Gasteiger partial charge < -0.3 is 0 Å². The molecule has 1 aliphatic carbocycles. The Hall–Kier alpha value is -1.59. The van der Waals surface area contributed by atoms with Crippen molar-refractivity contribution < 1.29 is 9.31 Å². The summed E-state index contributed by atoms with van der Waals surface area (Å²) in [5.41, 5.74) is 6.33. The van der Waals surface area contributed by atoms with Crippen LogP contribution in [0.25, 0.3) is 0 Å². The van der Waals surface area contributed by atoms with Crippen molar-refractivity contribution in [1.29, 1.82) is 0 Å². The van der Waals surface area contributed by atoms with Crippen LogP contribution < -0.4 is 0 Å². The van der Waals surface area contributed by atoms with E-state index < -0.39 is 16.8 Å². The summed E-state index contributed by atoms with van der Waals surface area (Å²) < 4.78 is 12.3. The maximum atomic E-state index is 12.3. The zero-order valence-corrected chi connectivity index (χ0v) is 4.80. The van der Waals surface area contributed by atoms with E-state index in [0.29, 0.717) is 0 Å². The number of nitrogens with zero attached hydrogens (tertiary/aromatic N) is 1. The molecule has 4 heteroatoms. The summed E-state index contributed by atoms with van der Waals surface area (Å²) in [7, 11) is 0. The minimum atomic E-state index is -1.42. The maximum absolute atomic E-state index is 12.3. The third-order valence-electron chi connectivity index (χ3n) is 0.982. The highest BCUT2D eigenvalue weighted by molar-refractivity contribution is 5.11. The van der Waals surface area contributed by atoms with Crippen LogP contribution in [0.4, 0.5) is 4.39 Å². The van der Waals surface area contributed by atoms with E-state index in [1.807, 2.05) is 5.73 Å². The van der Waals surface area contributed by atoms with Gasteiger partial charge in [-0.3, -0.25) is 10.1 Å². The number of hydrogen-bond acceptors (Lipinski definition) is 2. The molecule has 0 aromatic rings. The van der Waals surface area contributed by atoms with Gasteiger partial charge in [-0.25, -0.2) is 0 Å². The van der Waals surface area contributed by atoms with Crippen molar-refractivity contribution in [2.75, 3.05) is 0 Å². The van der Waals surface area contributed by atoms with Crippen LogP contribution in [0.15, 0.2) is 29.1 Å². The van der Waals surface area contributed by atoms with E-state index in [2.05, 4.69) is 11.5 Å². The molecule has 50 valence electrons. The summed E-state index contributed by atoms with van der Waals surface area (Å²) in [4.78, 5) is 9.22. The molecule has 1 aliphatic rings. The fourth-order valence-corrected chi connectivity index (χ4v) is 0.517. The molecule has 0 saturated heterocycles. The van der Waals surface area contributed by atoms with Crippen LogP contribution in [-0.4, -0.2) is 11.0 Å². The number of nitro groups is 1. The first-order valence-corrected chi connectivity index (χ1v) is 2.47. The van der Waals surface area contributed by atoms with Gasteiger partial charge in [-0.1, -0.05) is 5.73 Å². The van der Waals surface area contributed by atoms with Crippen LogP contribution >= 0.6 is 0 Å². The molecule has 0 spiro atoms. The molecule has 3 nitrogen and oxygen atoms in total. The zero-order valence-electron chi connectivity index (χ0n) is 4.80. The summed E-state index contributed by atoms with van der Waals surface area (Å²) in [5.74, 6) is -0.927. The van der Waals surface area contributed by atoms with E-state index in [0.717, 1.165) is 6.08 Å². The lowest BCUT2D eigenvalue weighted by atomic mass is 10.2. The minimum absolute atomic E-state index is 0.754. The summed E-state index contributed by atoms with van der Waals surface area (Å²) >= 11 is 0. The van der Waals surface area contributed by atoms with Crippen molar-refractivity contribution in [3.8, 4) is 0 Å². The molecular formula is C6H2FNO2. The lowest BCUT2D eigenvalue weighted by Crippen LogP contribution is -2.16. The predicted molar refractivity (Wildman–Crippen MR) is 30.5 cm³/mol. The van der Waals surface area contributed by atoms with E-state index in [-0.39, 0.29) is 0 Å². The summed E-state index contributed by atoms with van der Waals surface area (Å²) in [6.45, 7) is 0. The lowest BCUT2D eigenvalue weighted by molar-refractivity contribution is -0.502. The molecule has 0 fully saturated rings. The van der Waals surface area contributed by atoms with E-state index in [1.165, 1.54) is 0 Å². The first-order chi connectivity index (χ1) is 4.72. The third kappa shape index (κ3) is 1.04. The highest BCUT2D eigenvalue weighted by atomic mass is 19.1. The smallest absolute Gasteiger partial charge is 0.263 e. The first kappa shape index (κ1) is 6.53. The van der Waals surface area contributed by atoms with Gasteiger partial charge >= 0.3 is 0 Å². The van der Waals surface area contributed by atoms with Crippen molar-refractivity contribution in [1.82, 2.24) is 0 Å². The van der Waals surface area contributed by atoms with E-state index in [1.54, 1.807) is 0 Å². The number of rotatable bonds is 1. The van der Waals surface area contributed by atoms with Gasteiger partial charge in [0.1, 0.15) is 0 Å². The monoisotopic (exact) mass is 139 g/mol. The Balaban J connectivity index is 3.02. The quantitative estimate of drug-likeness (QED) is 0.308. The number of halogens is 1. The Kier molecular flexibility index (Phi) is 1.53. The van der Waals surface area contributed by atoms with Crippen molar-refractivity contribution in [3.63, 3.8) is 0 Å². The standard InChI is InChI=1S/C6H2FNO2/c7-5-3-1-2-4-6(5)8(9)10/h4,6H/t6-/m1/s1. The summed E-state index contributed by atoms with van der Waals surface area (Å²) in [6, 6.07) is -1.42. The topological polar surface area (TPSA) is 43.1 Å². The molecule has 0 aromatic carbocycles. The van der Waals surface area contributed by atoms with Crippen LogP contribution in [-0.2, 0) is 0 Å². The van der Waals surface area contributed by atoms with Gasteiger partial charge in [0.25, 0.3) is 6.04 Å². The molecule has 0 radical (unpaired) electrons. The molecule has 0 amide bonds. The fraction of sp³-hybridized carbons (Fsp3) is 0.167. The molecule has 0 heterocycles. The van der Waals surface area contributed by atoms with Crippen molar-refractivity contribution in [2.24, 2.45) is 0 Å². The third-order valence-corrected chi connectivity index (χ3v) is 0.982. The van der Waals surface area contributed by atoms with Crippen LogP contribution in [0.1, 0.15) is 0 Å². The zero-order chi connectivity index (χ0) is 7.56. The molecule has 10 heavy (non-hydrogen) atoms. The van der Waals surface area contributed by atoms with Crippen LogP contribution in [0.2, 0.25) is 0 Å². The van der Waals surface area contributed by atoms with Crippen LogP contribution in [0.5, 0.6) is 0 Å². The number of hydrogen-bond donors (Lipinski definition) is 0. The molecular weight excluding hydrogens is 137 g/mol. The van der Waals surface area contributed by atoms with Crippen molar-refractivity contribution >= 4 is 0 Å². The molecule has 0 unspecified atom stereocenters. The second kappa shape index (κ2) is 2.34. The average molecular weight is 139 g/mol. The molecule has 0 saturated carbocycles. The predicted octanol–water partition coefficient (Wildman–Crippen LogP) is 0.964. The Labute approximate surface area is 55.6 Å². The first-order valence-electron chi connectivity index (χ1n) is 2.47. The van der Waals surface area contributed by atoms with Crippen LogP contribution in [0.3, 0.4) is 0 Å². The maximum Gasteiger partial charge on any atom is 0.297 e. The largest absolute Gasteiger partial charge is 0.297 e. The highest BCUT2D eigenvalue weighted by Gasteiger charge is 2.23. The van der Waals surface area contributed by atoms with Gasteiger partial charge in [0.2, 0.25) is 5.83 Å². The lowest BCUT2D eigenvalue weighted by Gasteiger charge is -1.97. The molecule has 0 bridgehead atoms. The molecule has 1 atom stereocenters.